The van der Waals surface area contributed by atoms with Crippen LogP contribution in [-0.4, -0.2) is 35.7 Å². The van der Waals surface area contributed by atoms with Crippen LogP contribution in [0, 0.1) is 0 Å². The van der Waals surface area contributed by atoms with Crippen molar-refractivity contribution in [3.05, 3.63) is 47.8 Å². The molecule has 25 heavy (non-hydrogen) atoms. The molecule has 0 unspecified atom stereocenters. The van der Waals surface area contributed by atoms with Gasteiger partial charge in [0.1, 0.15) is 0 Å². The Labute approximate surface area is 146 Å². The van der Waals surface area contributed by atoms with E-state index < -0.39 is 0 Å². The lowest BCUT2D eigenvalue weighted by molar-refractivity contribution is 0.0724. The van der Waals surface area contributed by atoms with E-state index in [0.29, 0.717) is 12.1 Å². The van der Waals surface area contributed by atoms with Crippen molar-refractivity contribution in [3.63, 3.8) is 0 Å². The molecule has 1 amide bonds. The van der Waals surface area contributed by atoms with Crippen LogP contribution in [0.5, 0.6) is 11.5 Å². The average molecular weight is 339 g/mol. The van der Waals surface area contributed by atoms with Crippen molar-refractivity contribution in [2.45, 2.75) is 25.8 Å². The maximum atomic E-state index is 12.6. The van der Waals surface area contributed by atoms with Crippen molar-refractivity contribution < 1.29 is 14.3 Å². The maximum absolute atomic E-state index is 12.6. The number of aromatic nitrogens is 1. The summed E-state index contributed by atoms with van der Waals surface area (Å²) in [5, 5.41) is 3.32. The molecule has 1 fully saturated rings. The van der Waals surface area contributed by atoms with Crippen LogP contribution in [0.3, 0.4) is 0 Å². The first-order valence-corrected chi connectivity index (χ1v) is 8.66. The molecule has 1 N–H and O–H groups in total. The highest BCUT2D eigenvalue weighted by atomic mass is 16.7. The second-order valence-electron chi connectivity index (χ2n) is 6.36. The molecule has 0 atom stereocenters. The lowest BCUT2D eigenvalue weighted by Crippen LogP contribution is -2.35. The fraction of sp³-hybridized carbons (Fsp3) is 0.368. The zero-order chi connectivity index (χ0) is 17.1. The Balaban J connectivity index is 1.42. The molecule has 6 heteroatoms. The van der Waals surface area contributed by atoms with Gasteiger partial charge in [0.25, 0.3) is 5.91 Å². The van der Waals surface area contributed by atoms with Crippen molar-refractivity contribution >= 4 is 11.6 Å². The Bertz CT molecular complexity index is 772. The van der Waals surface area contributed by atoms with Gasteiger partial charge in [0.2, 0.25) is 6.79 Å². The minimum atomic E-state index is 0.0685. The Kier molecular flexibility index (Phi) is 4.41. The van der Waals surface area contributed by atoms with Crippen LogP contribution >= 0.6 is 0 Å². The number of hydrogen-bond acceptors (Lipinski definition) is 5. The van der Waals surface area contributed by atoms with Crippen LogP contribution < -0.4 is 14.8 Å². The van der Waals surface area contributed by atoms with E-state index in [0.717, 1.165) is 48.7 Å². The zero-order valence-corrected chi connectivity index (χ0v) is 14.0. The molecule has 2 aliphatic rings. The van der Waals surface area contributed by atoms with E-state index in [1.807, 2.05) is 29.2 Å². The van der Waals surface area contributed by atoms with Gasteiger partial charge in [-0.15, -0.1) is 0 Å². The number of pyridine rings is 1. The van der Waals surface area contributed by atoms with Crippen LogP contribution in [0.2, 0.25) is 0 Å². The van der Waals surface area contributed by atoms with Gasteiger partial charge in [0.05, 0.1) is 11.3 Å². The minimum absolute atomic E-state index is 0.0685. The number of rotatable bonds is 4. The van der Waals surface area contributed by atoms with Crippen molar-refractivity contribution in [1.82, 2.24) is 9.88 Å². The van der Waals surface area contributed by atoms with Crippen molar-refractivity contribution in [2.24, 2.45) is 0 Å². The lowest BCUT2D eigenvalue weighted by Gasteiger charge is -2.26. The third-order valence-corrected chi connectivity index (χ3v) is 4.56. The Morgan fingerprint density at radius 3 is 2.80 bits per heavy atom. The van der Waals surface area contributed by atoms with Crippen molar-refractivity contribution in [2.75, 3.05) is 25.2 Å². The highest BCUT2D eigenvalue weighted by Crippen LogP contribution is 2.32. The molecule has 6 nitrogen and oxygen atoms in total. The molecule has 2 aliphatic heterocycles. The first kappa shape index (κ1) is 15.7. The molecule has 2 aromatic rings. The van der Waals surface area contributed by atoms with E-state index in [4.69, 9.17) is 9.47 Å². The fourth-order valence-electron chi connectivity index (χ4n) is 3.19. The van der Waals surface area contributed by atoms with Crippen LogP contribution in [0.4, 0.5) is 5.69 Å². The van der Waals surface area contributed by atoms with Gasteiger partial charge in [-0.25, -0.2) is 0 Å². The summed E-state index contributed by atoms with van der Waals surface area (Å²) in [6.45, 7) is 2.58. The first-order valence-electron chi connectivity index (χ1n) is 8.66. The summed E-state index contributed by atoms with van der Waals surface area (Å²) >= 11 is 0. The molecule has 4 rings (SSSR count). The Hall–Kier alpha value is -2.76. The van der Waals surface area contributed by atoms with Gasteiger partial charge in [-0.3, -0.25) is 9.78 Å². The fourth-order valence-corrected chi connectivity index (χ4v) is 3.19. The number of piperidine rings is 1. The predicted molar refractivity (Wildman–Crippen MR) is 93.9 cm³/mol. The number of amides is 1. The van der Waals surface area contributed by atoms with Gasteiger partial charge in [-0.05, 0) is 43.0 Å². The number of likely N-dealkylation sites (tertiary alicyclic amines) is 1. The Morgan fingerprint density at radius 2 is 1.92 bits per heavy atom. The van der Waals surface area contributed by atoms with Gasteiger partial charge >= 0.3 is 0 Å². The zero-order valence-electron chi connectivity index (χ0n) is 14.0. The maximum Gasteiger partial charge on any atom is 0.255 e. The van der Waals surface area contributed by atoms with E-state index in [1.54, 1.807) is 12.4 Å². The second-order valence-corrected chi connectivity index (χ2v) is 6.36. The molecular weight excluding hydrogens is 318 g/mol. The summed E-state index contributed by atoms with van der Waals surface area (Å²) in [6, 6.07) is 7.74. The van der Waals surface area contributed by atoms with Crippen LogP contribution in [0.25, 0.3) is 0 Å². The van der Waals surface area contributed by atoms with Crippen molar-refractivity contribution in [1.29, 1.82) is 0 Å². The number of carbonyl (C=O) groups excluding carboxylic acids is 1. The first-order chi connectivity index (χ1) is 12.3. The molecule has 0 saturated carbocycles. The normalized spacial score (nSPS) is 15.9. The molecule has 0 bridgehead atoms. The summed E-state index contributed by atoms with van der Waals surface area (Å²) in [7, 11) is 0. The molecule has 130 valence electrons. The summed E-state index contributed by atoms with van der Waals surface area (Å²) in [4.78, 5) is 18.7. The van der Waals surface area contributed by atoms with E-state index in [9.17, 15) is 4.79 Å². The summed E-state index contributed by atoms with van der Waals surface area (Å²) in [5.74, 6) is 1.62. The lowest BCUT2D eigenvalue weighted by atomic mass is 10.1. The monoisotopic (exact) mass is 339 g/mol. The number of fused-ring (bicyclic) bond motifs is 1. The minimum Gasteiger partial charge on any atom is -0.454 e. The van der Waals surface area contributed by atoms with Gasteiger partial charge < -0.3 is 19.7 Å². The van der Waals surface area contributed by atoms with E-state index in [2.05, 4.69) is 10.3 Å². The van der Waals surface area contributed by atoms with Gasteiger partial charge in [0.15, 0.2) is 11.5 Å². The molecule has 1 aromatic heterocycles. The third-order valence-electron chi connectivity index (χ3n) is 4.56. The largest absolute Gasteiger partial charge is 0.454 e. The van der Waals surface area contributed by atoms with E-state index >= 15 is 0 Å². The average Bonchev–Trinajstić information content (AvgIpc) is 3.14. The number of nitrogens with zero attached hydrogens (tertiary/aromatic N) is 2. The molecule has 0 radical (unpaired) electrons. The quantitative estimate of drug-likeness (QED) is 0.927. The van der Waals surface area contributed by atoms with Gasteiger partial charge in [-0.2, -0.15) is 0 Å². The summed E-state index contributed by atoms with van der Waals surface area (Å²) < 4.78 is 10.7. The smallest absolute Gasteiger partial charge is 0.255 e. The number of benzene rings is 1. The summed E-state index contributed by atoms with van der Waals surface area (Å²) in [6.07, 6.45) is 6.75. The predicted octanol–water partition coefficient (Wildman–Crippen LogP) is 3.05. The molecular formula is C19H21N3O3. The molecule has 3 heterocycles. The molecule has 0 aliphatic carbocycles. The van der Waals surface area contributed by atoms with E-state index in [1.165, 1.54) is 6.42 Å². The van der Waals surface area contributed by atoms with Crippen molar-refractivity contribution in [3.8, 4) is 11.5 Å². The molecule has 1 aromatic carbocycles. The van der Waals surface area contributed by atoms with Crippen LogP contribution in [-0.2, 0) is 6.54 Å². The number of nitrogens with one attached hydrogen (secondary N) is 1. The molecule has 1 saturated heterocycles. The number of carbonyl (C=O) groups is 1. The molecule has 0 spiro atoms. The highest BCUT2D eigenvalue weighted by Gasteiger charge is 2.18. The second kappa shape index (κ2) is 7.01. The van der Waals surface area contributed by atoms with Crippen LogP contribution in [0.15, 0.2) is 36.7 Å². The highest BCUT2D eigenvalue weighted by molar-refractivity contribution is 5.94. The van der Waals surface area contributed by atoms with Gasteiger partial charge in [-0.1, -0.05) is 6.07 Å². The van der Waals surface area contributed by atoms with Gasteiger partial charge in [0, 0.05) is 32.0 Å². The topological polar surface area (TPSA) is 63.7 Å². The SMILES string of the molecule is O=C(c1cncc(NCc2ccc3c(c2)OCO3)c1)N1CCCCC1. The number of anilines is 1. The number of hydrogen-bond donors (Lipinski definition) is 1. The Morgan fingerprint density at radius 1 is 1.08 bits per heavy atom. The standard InChI is InChI=1S/C19H21N3O3/c23-19(22-6-2-1-3-7-22)15-9-16(12-20-11-15)21-10-14-4-5-17-18(8-14)25-13-24-17/h4-5,8-9,11-12,21H,1-3,6-7,10,13H2. The van der Waals surface area contributed by atoms with E-state index in [-0.39, 0.29) is 12.7 Å². The number of ether oxygens (including phenoxy) is 2. The summed E-state index contributed by atoms with van der Waals surface area (Å²) in [5.41, 5.74) is 2.55. The third kappa shape index (κ3) is 3.52. The van der Waals surface area contributed by atoms with Crippen LogP contribution in [0.1, 0.15) is 35.2 Å².